The molecule has 0 bridgehead atoms. The smallest absolute Gasteiger partial charge is 0.153 e. The molecule has 5 aromatic rings. The molecule has 0 radical (unpaired) electrons. The topological polar surface area (TPSA) is 49.8 Å². The molecule has 0 amide bonds. The Kier molecular flexibility index (Phi) is 4.92. The van der Waals surface area contributed by atoms with E-state index >= 15 is 0 Å². The Labute approximate surface area is 193 Å². The van der Waals surface area contributed by atoms with Gasteiger partial charge in [0.25, 0.3) is 0 Å². The Morgan fingerprint density at radius 2 is 1.58 bits per heavy atom. The van der Waals surface area contributed by atoms with Crippen LogP contribution in [0.15, 0.2) is 83.4 Å². The van der Waals surface area contributed by atoms with E-state index in [1.807, 2.05) is 36.4 Å². The maximum Gasteiger partial charge on any atom is 0.153 e. The van der Waals surface area contributed by atoms with Crippen molar-refractivity contribution < 1.29 is 4.42 Å². The van der Waals surface area contributed by atoms with Gasteiger partial charge in [-0.05, 0) is 54.2 Å². The molecule has 6 rings (SSSR count). The van der Waals surface area contributed by atoms with Crippen molar-refractivity contribution in [3.8, 4) is 28.5 Å². The Morgan fingerprint density at radius 1 is 0.758 bits per heavy atom. The van der Waals surface area contributed by atoms with E-state index in [4.69, 9.17) is 4.42 Å². The quantitative estimate of drug-likeness (QED) is 0.291. The van der Waals surface area contributed by atoms with E-state index in [-0.39, 0.29) is 0 Å². The number of hydrogen-bond donors (Lipinski definition) is 0. The number of para-hydroxylation sites is 1. The van der Waals surface area contributed by atoms with Crippen molar-refractivity contribution in [1.29, 1.82) is 5.26 Å². The summed E-state index contributed by atoms with van der Waals surface area (Å²) in [6, 6.07) is 27.3. The second kappa shape index (κ2) is 8.22. The van der Waals surface area contributed by atoms with Crippen LogP contribution in [0.25, 0.3) is 44.3 Å². The maximum absolute atomic E-state index is 10.1. The molecule has 3 heteroatoms. The van der Waals surface area contributed by atoms with Crippen LogP contribution in [0.1, 0.15) is 49.1 Å². The summed E-state index contributed by atoms with van der Waals surface area (Å²) >= 11 is 0. The summed E-state index contributed by atoms with van der Waals surface area (Å²) in [5.41, 5.74) is 7.18. The van der Waals surface area contributed by atoms with Crippen LogP contribution < -0.4 is 0 Å². The fraction of sp³-hybridized carbons (Fsp3) is 0.200. The fourth-order valence-electron chi connectivity index (χ4n) is 5.31. The van der Waals surface area contributed by atoms with Gasteiger partial charge in [-0.3, -0.25) is 4.98 Å². The molecule has 1 aliphatic carbocycles. The highest BCUT2D eigenvalue weighted by Crippen LogP contribution is 2.40. The monoisotopic (exact) mass is 428 g/mol. The van der Waals surface area contributed by atoms with Gasteiger partial charge in [-0.2, -0.15) is 5.26 Å². The molecule has 1 saturated carbocycles. The summed E-state index contributed by atoms with van der Waals surface area (Å²) < 4.78 is 6.38. The predicted molar refractivity (Wildman–Crippen MR) is 133 cm³/mol. The van der Waals surface area contributed by atoms with Crippen LogP contribution in [0.4, 0.5) is 0 Å². The van der Waals surface area contributed by atoms with E-state index in [1.54, 1.807) is 6.20 Å². The Morgan fingerprint density at radius 3 is 2.33 bits per heavy atom. The van der Waals surface area contributed by atoms with E-state index in [1.165, 1.54) is 37.7 Å². The minimum Gasteiger partial charge on any atom is -0.454 e. The number of aromatic nitrogens is 1. The lowest BCUT2D eigenvalue weighted by Crippen LogP contribution is -2.04. The van der Waals surface area contributed by atoms with Gasteiger partial charge in [-0.1, -0.05) is 67.8 Å². The van der Waals surface area contributed by atoms with Crippen LogP contribution in [0.5, 0.6) is 0 Å². The molecular formula is C30H24N2O. The normalized spacial score (nSPS) is 14.5. The van der Waals surface area contributed by atoms with Gasteiger partial charge in [0.1, 0.15) is 17.2 Å². The first-order valence-electron chi connectivity index (χ1n) is 11.7. The van der Waals surface area contributed by atoms with E-state index in [0.29, 0.717) is 17.1 Å². The first-order valence-corrected chi connectivity index (χ1v) is 11.7. The number of benzene rings is 3. The van der Waals surface area contributed by atoms with Crippen molar-refractivity contribution >= 4 is 21.9 Å². The molecule has 0 spiro atoms. The minimum atomic E-state index is 0.584. The van der Waals surface area contributed by atoms with Crippen molar-refractivity contribution in [2.75, 3.05) is 0 Å². The van der Waals surface area contributed by atoms with E-state index in [9.17, 15) is 5.26 Å². The first-order chi connectivity index (χ1) is 16.3. The van der Waals surface area contributed by atoms with Gasteiger partial charge in [0, 0.05) is 28.1 Å². The molecule has 160 valence electrons. The molecule has 3 nitrogen and oxygen atoms in total. The maximum atomic E-state index is 10.1. The fourth-order valence-corrected chi connectivity index (χ4v) is 5.31. The number of nitrogens with zero attached hydrogens (tertiary/aromatic N) is 2. The third-order valence-electron chi connectivity index (χ3n) is 7.02. The van der Waals surface area contributed by atoms with E-state index in [2.05, 4.69) is 47.5 Å². The zero-order valence-corrected chi connectivity index (χ0v) is 18.4. The summed E-state index contributed by atoms with van der Waals surface area (Å²) in [6.45, 7) is 0. The molecule has 0 saturated heterocycles. The zero-order valence-electron chi connectivity index (χ0n) is 18.4. The van der Waals surface area contributed by atoms with Crippen molar-refractivity contribution in [2.24, 2.45) is 0 Å². The van der Waals surface area contributed by atoms with Crippen LogP contribution in [-0.4, -0.2) is 4.98 Å². The van der Waals surface area contributed by atoms with Gasteiger partial charge in [-0.25, -0.2) is 0 Å². The summed E-state index contributed by atoms with van der Waals surface area (Å²) in [4.78, 5) is 4.50. The Hall–Kier alpha value is -3.90. The number of fused-ring (bicyclic) bond motifs is 3. The van der Waals surface area contributed by atoms with Crippen LogP contribution >= 0.6 is 0 Å². The highest BCUT2D eigenvalue weighted by atomic mass is 16.3. The molecule has 0 unspecified atom stereocenters. The Bertz CT molecular complexity index is 1480. The van der Waals surface area contributed by atoms with Crippen molar-refractivity contribution in [2.45, 2.75) is 38.0 Å². The van der Waals surface area contributed by atoms with E-state index in [0.717, 1.165) is 38.7 Å². The lowest BCUT2D eigenvalue weighted by Gasteiger charge is -2.22. The molecule has 0 aliphatic heterocycles. The molecule has 2 heterocycles. The average molecular weight is 429 g/mol. The van der Waals surface area contributed by atoms with Crippen LogP contribution in [0.2, 0.25) is 0 Å². The highest BCUT2D eigenvalue weighted by molar-refractivity contribution is 6.11. The Balaban J connectivity index is 1.48. The average Bonchev–Trinajstić information content (AvgIpc) is 3.28. The van der Waals surface area contributed by atoms with Gasteiger partial charge in [0.15, 0.2) is 5.58 Å². The number of nitriles is 1. The lowest BCUT2D eigenvalue weighted by atomic mass is 9.83. The number of pyridine rings is 1. The van der Waals surface area contributed by atoms with Crippen molar-refractivity contribution in [3.63, 3.8) is 0 Å². The molecule has 0 atom stereocenters. The summed E-state index contributed by atoms with van der Waals surface area (Å²) in [5.74, 6) is 0.672. The number of hydrogen-bond acceptors (Lipinski definition) is 3. The zero-order chi connectivity index (χ0) is 22.2. The molecule has 2 aromatic heterocycles. The minimum absolute atomic E-state index is 0.584. The molecule has 33 heavy (non-hydrogen) atoms. The van der Waals surface area contributed by atoms with Crippen molar-refractivity contribution in [3.05, 3.63) is 90.1 Å². The molecule has 1 aliphatic rings. The van der Waals surface area contributed by atoms with E-state index < -0.39 is 0 Å². The van der Waals surface area contributed by atoms with Crippen LogP contribution in [0.3, 0.4) is 0 Å². The lowest BCUT2D eigenvalue weighted by molar-refractivity contribution is 0.443. The molecule has 0 N–H and O–H groups in total. The molecule has 3 aromatic carbocycles. The van der Waals surface area contributed by atoms with Crippen molar-refractivity contribution in [1.82, 2.24) is 4.98 Å². The summed E-state index contributed by atoms with van der Waals surface area (Å²) in [6.07, 6.45) is 8.37. The number of rotatable bonds is 3. The van der Waals surface area contributed by atoms with Gasteiger partial charge >= 0.3 is 0 Å². The standard InChI is InChI=1S/C30H24N2O/c31-19-27-23(22-14-12-21(13-15-22)20-7-2-1-3-8-20)16-17-25-24-9-6-10-26(29(24)33-30(25)27)28-11-4-5-18-32-28/h4-6,9-18,20H,1-3,7-8H2. The predicted octanol–water partition coefficient (Wildman–Crippen LogP) is 8.23. The molecular weight excluding hydrogens is 404 g/mol. The second-order valence-corrected chi connectivity index (χ2v) is 8.93. The van der Waals surface area contributed by atoms with Gasteiger partial charge in [0.05, 0.1) is 5.69 Å². The molecule has 1 fully saturated rings. The van der Waals surface area contributed by atoms with Gasteiger partial charge in [-0.15, -0.1) is 0 Å². The van der Waals surface area contributed by atoms with Crippen LogP contribution in [0, 0.1) is 11.3 Å². The van der Waals surface area contributed by atoms with Gasteiger partial charge in [0.2, 0.25) is 0 Å². The third-order valence-corrected chi connectivity index (χ3v) is 7.02. The van der Waals surface area contributed by atoms with Gasteiger partial charge < -0.3 is 4.42 Å². The summed E-state index contributed by atoms with van der Waals surface area (Å²) in [7, 11) is 0. The number of furan rings is 1. The summed E-state index contributed by atoms with van der Waals surface area (Å²) in [5, 5.41) is 12.1. The highest BCUT2D eigenvalue weighted by Gasteiger charge is 2.19. The SMILES string of the molecule is N#Cc1c(-c2ccc(C3CCCCC3)cc2)ccc2c1oc1c(-c3ccccn3)cccc12. The largest absolute Gasteiger partial charge is 0.454 e. The third kappa shape index (κ3) is 3.39. The van der Waals surface area contributed by atoms with Crippen LogP contribution in [-0.2, 0) is 0 Å². The second-order valence-electron chi connectivity index (χ2n) is 8.93. The first kappa shape index (κ1) is 19.8.